The monoisotopic (exact) mass is 355 g/mol. The summed E-state index contributed by atoms with van der Waals surface area (Å²) >= 11 is 0. The summed E-state index contributed by atoms with van der Waals surface area (Å²) in [5.41, 5.74) is 5.85. The molecule has 0 radical (unpaired) electrons. The third-order valence-electron chi connectivity index (χ3n) is 4.25. The molecule has 22 heavy (non-hydrogen) atoms. The fourth-order valence-electron chi connectivity index (χ4n) is 2.99. The van der Waals surface area contributed by atoms with Crippen LogP contribution in [0.15, 0.2) is 0 Å². The van der Waals surface area contributed by atoms with Crippen LogP contribution in [-0.2, 0) is 4.79 Å². The number of carbonyl (C=O) groups excluding carboxylic acids is 1. The third-order valence-corrected chi connectivity index (χ3v) is 4.25. The average molecular weight is 356 g/mol. The Morgan fingerprint density at radius 3 is 2.36 bits per heavy atom. The number of halogens is 2. The fourth-order valence-corrected chi connectivity index (χ4v) is 2.99. The van der Waals surface area contributed by atoms with Crippen molar-refractivity contribution in [2.24, 2.45) is 11.7 Å². The van der Waals surface area contributed by atoms with Crippen LogP contribution in [0.1, 0.15) is 58.8 Å². The number of hydrogen-bond acceptors (Lipinski definition) is 3. The van der Waals surface area contributed by atoms with Gasteiger partial charge in [0.05, 0.1) is 6.04 Å². The van der Waals surface area contributed by atoms with Crippen LogP contribution in [0.4, 0.5) is 0 Å². The Bertz CT molecular complexity index is 285. The van der Waals surface area contributed by atoms with Crippen LogP contribution in [0, 0.1) is 5.92 Å². The van der Waals surface area contributed by atoms with Gasteiger partial charge in [-0.25, -0.2) is 0 Å². The Labute approximate surface area is 148 Å². The van der Waals surface area contributed by atoms with Gasteiger partial charge in [-0.1, -0.05) is 33.1 Å². The quantitative estimate of drug-likeness (QED) is 0.658. The molecule has 0 unspecified atom stereocenters. The van der Waals surface area contributed by atoms with Gasteiger partial charge in [0.1, 0.15) is 0 Å². The summed E-state index contributed by atoms with van der Waals surface area (Å²) in [6.07, 6.45) is 8.57. The Balaban J connectivity index is 0. The summed E-state index contributed by atoms with van der Waals surface area (Å²) in [4.78, 5) is 14.2. The molecule has 1 fully saturated rings. The van der Waals surface area contributed by atoms with Crippen molar-refractivity contribution in [2.45, 2.75) is 70.9 Å². The van der Waals surface area contributed by atoms with Crippen LogP contribution in [0.25, 0.3) is 0 Å². The van der Waals surface area contributed by atoms with E-state index in [1.165, 1.54) is 32.1 Å². The molecule has 6 heteroatoms. The molecule has 1 aliphatic rings. The van der Waals surface area contributed by atoms with Gasteiger partial charge in [-0.15, -0.1) is 24.8 Å². The summed E-state index contributed by atoms with van der Waals surface area (Å²) < 4.78 is 0. The van der Waals surface area contributed by atoms with E-state index in [4.69, 9.17) is 5.73 Å². The Morgan fingerprint density at radius 1 is 1.23 bits per heavy atom. The minimum atomic E-state index is -0.355. The maximum Gasteiger partial charge on any atom is 0.236 e. The number of hydrogen-bond donors (Lipinski definition) is 2. The van der Waals surface area contributed by atoms with Crippen LogP contribution in [0.5, 0.6) is 0 Å². The molecule has 1 atom stereocenters. The molecule has 0 aromatic rings. The minimum Gasteiger partial charge on any atom is -0.355 e. The van der Waals surface area contributed by atoms with E-state index in [2.05, 4.69) is 31.1 Å². The second-order valence-corrected chi connectivity index (χ2v) is 6.65. The molecular formula is C16H35Cl2N3O. The first-order valence-corrected chi connectivity index (χ1v) is 8.24. The predicted octanol–water partition coefficient (Wildman–Crippen LogP) is 2.97. The summed E-state index contributed by atoms with van der Waals surface area (Å²) in [6, 6.07) is 0.397. The topological polar surface area (TPSA) is 58.4 Å². The lowest BCUT2D eigenvalue weighted by molar-refractivity contribution is -0.122. The van der Waals surface area contributed by atoms with Crippen LogP contribution in [-0.4, -0.2) is 43.0 Å². The molecule has 3 N–H and O–H groups in total. The number of carbonyl (C=O) groups is 1. The molecule has 1 rings (SSSR count). The van der Waals surface area contributed by atoms with Gasteiger partial charge in [-0.05, 0) is 45.2 Å². The lowest BCUT2D eigenvalue weighted by Crippen LogP contribution is -2.42. The first-order chi connectivity index (χ1) is 9.50. The van der Waals surface area contributed by atoms with Crippen molar-refractivity contribution in [3.8, 4) is 0 Å². The molecular weight excluding hydrogens is 321 g/mol. The summed E-state index contributed by atoms with van der Waals surface area (Å²) in [5.74, 6) is 0.465. The van der Waals surface area contributed by atoms with Crippen molar-refractivity contribution in [1.29, 1.82) is 0 Å². The Kier molecular flexibility index (Phi) is 14.8. The molecule has 1 saturated carbocycles. The molecule has 1 aliphatic carbocycles. The predicted molar refractivity (Wildman–Crippen MR) is 99.1 cm³/mol. The van der Waals surface area contributed by atoms with Crippen LogP contribution >= 0.6 is 24.8 Å². The summed E-state index contributed by atoms with van der Waals surface area (Å²) in [5, 5.41) is 2.96. The zero-order chi connectivity index (χ0) is 15.0. The van der Waals surface area contributed by atoms with E-state index in [9.17, 15) is 4.79 Å². The van der Waals surface area contributed by atoms with Gasteiger partial charge in [-0.2, -0.15) is 0 Å². The maximum absolute atomic E-state index is 11.8. The normalized spacial score (nSPS) is 16.8. The van der Waals surface area contributed by atoms with E-state index in [0.29, 0.717) is 5.92 Å². The van der Waals surface area contributed by atoms with Crippen molar-refractivity contribution in [1.82, 2.24) is 10.2 Å². The smallest absolute Gasteiger partial charge is 0.236 e. The maximum atomic E-state index is 11.8. The summed E-state index contributed by atoms with van der Waals surface area (Å²) in [6.45, 7) is 5.98. The largest absolute Gasteiger partial charge is 0.355 e. The fraction of sp³-hybridized carbons (Fsp3) is 0.938. The average Bonchev–Trinajstić information content (AvgIpc) is 2.43. The van der Waals surface area contributed by atoms with Crippen molar-refractivity contribution in [3.05, 3.63) is 0 Å². The highest BCUT2D eigenvalue weighted by molar-refractivity contribution is 5.85. The molecule has 0 spiro atoms. The number of rotatable bonds is 8. The molecule has 134 valence electrons. The molecule has 0 aliphatic heterocycles. The van der Waals surface area contributed by atoms with Crippen molar-refractivity contribution in [3.63, 3.8) is 0 Å². The number of nitrogens with one attached hydrogen (secondary N) is 1. The van der Waals surface area contributed by atoms with Crippen molar-refractivity contribution < 1.29 is 4.79 Å². The second kappa shape index (κ2) is 13.4. The zero-order valence-electron chi connectivity index (χ0n) is 14.3. The van der Waals surface area contributed by atoms with Gasteiger partial charge in [0, 0.05) is 12.6 Å². The van der Waals surface area contributed by atoms with E-state index in [-0.39, 0.29) is 36.8 Å². The molecule has 0 aromatic heterocycles. The molecule has 0 bridgehead atoms. The Morgan fingerprint density at radius 2 is 1.82 bits per heavy atom. The van der Waals surface area contributed by atoms with Gasteiger partial charge in [-0.3, -0.25) is 4.79 Å². The van der Waals surface area contributed by atoms with Crippen molar-refractivity contribution in [2.75, 3.05) is 20.1 Å². The van der Waals surface area contributed by atoms with E-state index in [0.717, 1.165) is 32.0 Å². The van der Waals surface area contributed by atoms with E-state index in [1.807, 2.05) is 0 Å². The molecule has 0 heterocycles. The molecule has 4 nitrogen and oxygen atoms in total. The highest BCUT2D eigenvalue weighted by Gasteiger charge is 2.18. The second-order valence-electron chi connectivity index (χ2n) is 6.65. The highest BCUT2D eigenvalue weighted by atomic mass is 35.5. The zero-order valence-corrected chi connectivity index (χ0v) is 16.0. The lowest BCUT2D eigenvalue weighted by atomic mass is 9.94. The minimum absolute atomic E-state index is 0. The number of nitrogens with two attached hydrogens (primary N) is 1. The van der Waals surface area contributed by atoms with Gasteiger partial charge in [0.2, 0.25) is 5.91 Å². The van der Waals surface area contributed by atoms with Crippen LogP contribution < -0.4 is 11.1 Å². The number of amides is 1. The standard InChI is InChI=1S/C16H33N3O.2ClH/c1-13(2)12-15(17)16(20)18-10-7-11-19(3)14-8-5-4-6-9-14;;/h13-15H,4-12,17H2,1-3H3,(H,18,20);2*1H/t15-;;/m0../s1. The van der Waals surface area contributed by atoms with Gasteiger partial charge >= 0.3 is 0 Å². The molecule has 0 aromatic carbocycles. The van der Waals surface area contributed by atoms with E-state index in [1.54, 1.807) is 0 Å². The van der Waals surface area contributed by atoms with E-state index >= 15 is 0 Å². The van der Waals surface area contributed by atoms with Crippen LogP contribution in [0.3, 0.4) is 0 Å². The summed E-state index contributed by atoms with van der Waals surface area (Å²) in [7, 11) is 2.21. The van der Waals surface area contributed by atoms with E-state index < -0.39 is 0 Å². The first-order valence-electron chi connectivity index (χ1n) is 8.24. The lowest BCUT2D eigenvalue weighted by Gasteiger charge is -2.31. The highest BCUT2D eigenvalue weighted by Crippen LogP contribution is 2.21. The first kappa shape index (κ1) is 24.2. The number of nitrogens with zero attached hydrogens (tertiary/aromatic N) is 1. The SMILES string of the molecule is CC(C)C[C@H](N)C(=O)NCCCN(C)C1CCCCC1.Cl.Cl. The van der Waals surface area contributed by atoms with Gasteiger partial charge in [0.15, 0.2) is 0 Å². The Hall–Kier alpha value is -0.0300. The third kappa shape index (κ3) is 9.88. The van der Waals surface area contributed by atoms with Crippen LogP contribution in [0.2, 0.25) is 0 Å². The van der Waals surface area contributed by atoms with Gasteiger partial charge in [0.25, 0.3) is 0 Å². The van der Waals surface area contributed by atoms with Crippen molar-refractivity contribution >= 4 is 30.7 Å². The van der Waals surface area contributed by atoms with Gasteiger partial charge < -0.3 is 16.0 Å². The molecule has 1 amide bonds. The molecule has 0 saturated heterocycles.